The predicted octanol–water partition coefficient (Wildman–Crippen LogP) is 2.91. The van der Waals surface area contributed by atoms with E-state index in [1.54, 1.807) is 7.11 Å². The van der Waals surface area contributed by atoms with Gasteiger partial charge in [-0.1, -0.05) is 54.3 Å². The Bertz CT molecular complexity index is 799. The van der Waals surface area contributed by atoms with Crippen LogP contribution in [0, 0.1) is 11.8 Å². The van der Waals surface area contributed by atoms with Gasteiger partial charge in [-0.25, -0.2) is 0 Å². The van der Waals surface area contributed by atoms with E-state index in [1.807, 2.05) is 54.6 Å². The summed E-state index contributed by atoms with van der Waals surface area (Å²) in [5, 5.41) is 2.99. The number of ether oxygens (including phenoxy) is 2. The first-order valence-corrected chi connectivity index (χ1v) is 8.80. The zero-order chi connectivity index (χ0) is 18.2. The maximum Gasteiger partial charge on any atom is 0.231 e. The fourth-order valence-corrected chi connectivity index (χ4v) is 3.30. The van der Waals surface area contributed by atoms with Crippen molar-refractivity contribution in [3.8, 4) is 17.6 Å². The molecule has 0 atom stereocenters. The van der Waals surface area contributed by atoms with E-state index in [0.717, 1.165) is 16.9 Å². The third-order valence-corrected chi connectivity index (χ3v) is 4.77. The summed E-state index contributed by atoms with van der Waals surface area (Å²) < 4.78 is 10.8. The normalized spacial score (nSPS) is 15.4. The van der Waals surface area contributed by atoms with Crippen molar-refractivity contribution in [2.45, 2.75) is 18.3 Å². The maximum atomic E-state index is 13.0. The number of para-hydroxylation sites is 1. The molecule has 0 saturated carbocycles. The summed E-state index contributed by atoms with van der Waals surface area (Å²) in [6.07, 6.45) is 1.37. The molecule has 2 aromatic rings. The second-order valence-corrected chi connectivity index (χ2v) is 6.25. The van der Waals surface area contributed by atoms with Crippen molar-refractivity contribution < 1.29 is 14.3 Å². The molecule has 0 aliphatic carbocycles. The van der Waals surface area contributed by atoms with Gasteiger partial charge in [0.25, 0.3) is 0 Å². The van der Waals surface area contributed by atoms with E-state index in [4.69, 9.17) is 9.47 Å². The van der Waals surface area contributed by atoms with Gasteiger partial charge in [0, 0.05) is 13.2 Å². The Labute approximate surface area is 154 Å². The first-order valence-electron chi connectivity index (χ1n) is 8.80. The lowest BCUT2D eigenvalue weighted by molar-refractivity contribution is -0.130. The zero-order valence-corrected chi connectivity index (χ0v) is 15.0. The lowest BCUT2D eigenvalue weighted by Crippen LogP contribution is -2.48. The van der Waals surface area contributed by atoms with Gasteiger partial charge in [-0.05, 0) is 30.5 Å². The molecule has 1 amide bonds. The maximum absolute atomic E-state index is 13.0. The van der Waals surface area contributed by atoms with Gasteiger partial charge >= 0.3 is 0 Å². The smallest absolute Gasteiger partial charge is 0.231 e. The molecule has 1 heterocycles. The molecule has 134 valence electrons. The Kier molecular flexibility index (Phi) is 5.93. The lowest BCUT2D eigenvalue weighted by atomic mass is 9.73. The van der Waals surface area contributed by atoms with Crippen molar-refractivity contribution in [2.75, 3.05) is 26.9 Å². The van der Waals surface area contributed by atoms with Crippen LogP contribution in [0.5, 0.6) is 5.75 Å². The summed E-state index contributed by atoms with van der Waals surface area (Å²) in [5.74, 6) is 6.83. The minimum absolute atomic E-state index is 0.0151. The number of methoxy groups -OCH3 is 1. The molecule has 2 aromatic carbocycles. The molecule has 3 rings (SSSR count). The van der Waals surface area contributed by atoms with Crippen molar-refractivity contribution in [2.24, 2.45) is 0 Å². The predicted molar refractivity (Wildman–Crippen MR) is 101 cm³/mol. The molecule has 0 radical (unpaired) electrons. The van der Waals surface area contributed by atoms with E-state index in [1.165, 1.54) is 0 Å². The number of benzene rings is 2. The first kappa shape index (κ1) is 18.0. The van der Waals surface area contributed by atoms with Crippen LogP contribution in [-0.2, 0) is 14.9 Å². The quantitative estimate of drug-likeness (QED) is 0.864. The molecule has 0 aromatic heterocycles. The number of rotatable bonds is 4. The second-order valence-electron chi connectivity index (χ2n) is 6.25. The SMILES string of the molecule is COc1ccccc1C#CCNC(=O)C1(c2ccccc2)CCOCC1. The largest absolute Gasteiger partial charge is 0.495 e. The highest BCUT2D eigenvalue weighted by atomic mass is 16.5. The molecular weight excluding hydrogens is 326 g/mol. The summed E-state index contributed by atoms with van der Waals surface area (Å²) in [4.78, 5) is 13.0. The van der Waals surface area contributed by atoms with Crippen LogP contribution in [-0.4, -0.2) is 32.8 Å². The lowest BCUT2D eigenvalue weighted by Gasteiger charge is -2.36. The number of carbonyl (C=O) groups is 1. The zero-order valence-electron chi connectivity index (χ0n) is 15.0. The topological polar surface area (TPSA) is 47.6 Å². The van der Waals surface area contributed by atoms with E-state index in [0.29, 0.717) is 32.6 Å². The highest BCUT2D eigenvalue weighted by Gasteiger charge is 2.41. The summed E-state index contributed by atoms with van der Waals surface area (Å²) in [5.41, 5.74) is 1.32. The van der Waals surface area contributed by atoms with Crippen molar-refractivity contribution in [1.82, 2.24) is 5.32 Å². The molecular formula is C22H23NO3. The molecule has 0 unspecified atom stereocenters. The van der Waals surface area contributed by atoms with Gasteiger partial charge in [0.2, 0.25) is 5.91 Å². The molecule has 0 spiro atoms. The average Bonchev–Trinajstić information content (AvgIpc) is 2.72. The number of carbonyl (C=O) groups excluding carboxylic acids is 1. The average molecular weight is 349 g/mol. The van der Waals surface area contributed by atoms with Gasteiger partial charge in [0.1, 0.15) is 5.75 Å². The van der Waals surface area contributed by atoms with Crippen LogP contribution in [0.1, 0.15) is 24.0 Å². The number of nitrogens with one attached hydrogen (secondary N) is 1. The van der Waals surface area contributed by atoms with Crippen molar-refractivity contribution >= 4 is 5.91 Å². The third-order valence-electron chi connectivity index (χ3n) is 4.77. The number of hydrogen-bond acceptors (Lipinski definition) is 3. The molecule has 1 fully saturated rings. The molecule has 1 aliphatic rings. The summed E-state index contributed by atoms with van der Waals surface area (Å²) >= 11 is 0. The monoisotopic (exact) mass is 349 g/mol. The molecule has 0 bridgehead atoms. The van der Waals surface area contributed by atoms with Crippen LogP contribution in [0.3, 0.4) is 0 Å². The van der Waals surface area contributed by atoms with Gasteiger partial charge in [-0.3, -0.25) is 4.79 Å². The highest BCUT2D eigenvalue weighted by molar-refractivity contribution is 5.88. The first-order chi connectivity index (χ1) is 12.8. The number of amides is 1. The molecule has 1 N–H and O–H groups in total. The van der Waals surface area contributed by atoms with Crippen LogP contribution >= 0.6 is 0 Å². The van der Waals surface area contributed by atoms with Crippen LogP contribution in [0.15, 0.2) is 54.6 Å². The van der Waals surface area contributed by atoms with Gasteiger partial charge < -0.3 is 14.8 Å². The Hall–Kier alpha value is -2.77. The molecule has 4 nitrogen and oxygen atoms in total. The Morgan fingerprint density at radius 1 is 1.12 bits per heavy atom. The summed E-state index contributed by atoms with van der Waals surface area (Å²) in [6.45, 7) is 1.48. The minimum atomic E-state index is -0.536. The summed E-state index contributed by atoms with van der Waals surface area (Å²) in [6, 6.07) is 17.5. The Balaban J connectivity index is 1.71. The van der Waals surface area contributed by atoms with E-state index < -0.39 is 5.41 Å². The van der Waals surface area contributed by atoms with Crippen LogP contribution in [0.25, 0.3) is 0 Å². The minimum Gasteiger partial charge on any atom is -0.495 e. The highest BCUT2D eigenvalue weighted by Crippen LogP contribution is 2.35. The fraction of sp³-hybridized carbons (Fsp3) is 0.318. The van der Waals surface area contributed by atoms with Crippen molar-refractivity contribution in [3.63, 3.8) is 0 Å². The van der Waals surface area contributed by atoms with Gasteiger partial charge in [-0.2, -0.15) is 0 Å². The van der Waals surface area contributed by atoms with Crippen LogP contribution < -0.4 is 10.1 Å². The van der Waals surface area contributed by atoms with E-state index >= 15 is 0 Å². The van der Waals surface area contributed by atoms with E-state index in [-0.39, 0.29) is 5.91 Å². The van der Waals surface area contributed by atoms with E-state index in [2.05, 4.69) is 17.2 Å². The van der Waals surface area contributed by atoms with Gasteiger partial charge in [0.15, 0.2) is 0 Å². The van der Waals surface area contributed by atoms with Crippen molar-refractivity contribution in [3.05, 3.63) is 65.7 Å². The molecule has 1 aliphatic heterocycles. The molecule has 4 heteroatoms. The van der Waals surface area contributed by atoms with Gasteiger partial charge in [0.05, 0.1) is 24.6 Å². The second kappa shape index (κ2) is 8.55. The fourth-order valence-electron chi connectivity index (χ4n) is 3.30. The third kappa shape index (κ3) is 3.89. The Morgan fingerprint density at radius 2 is 1.81 bits per heavy atom. The van der Waals surface area contributed by atoms with Gasteiger partial charge in [-0.15, -0.1) is 0 Å². The van der Waals surface area contributed by atoms with E-state index in [9.17, 15) is 4.79 Å². The number of hydrogen-bond donors (Lipinski definition) is 1. The standard InChI is InChI=1S/C22H23NO3/c1-25-20-12-6-5-8-18(20)9-7-15-23-21(24)22(13-16-26-17-14-22)19-10-3-2-4-11-19/h2-6,8,10-12H,13-17H2,1H3,(H,23,24). The Morgan fingerprint density at radius 3 is 2.54 bits per heavy atom. The summed E-state index contributed by atoms with van der Waals surface area (Å²) in [7, 11) is 1.62. The molecule has 26 heavy (non-hydrogen) atoms. The van der Waals surface area contributed by atoms with Crippen molar-refractivity contribution in [1.29, 1.82) is 0 Å². The molecule has 1 saturated heterocycles. The van der Waals surface area contributed by atoms with Crippen LogP contribution in [0.4, 0.5) is 0 Å². The van der Waals surface area contributed by atoms with Crippen LogP contribution in [0.2, 0.25) is 0 Å².